The number of hydrogen-bond donors (Lipinski definition) is 2. The molecule has 2 saturated heterocycles. The van der Waals surface area contributed by atoms with Gasteiger partial charge in [-0.15, -0.1) is 24.0 Å². The largest absolute Gasteiger partial charge is 0.355 e. The van der Waals surface area contributed by atoms with Gasteiger partial charge in [0.2, 0.25) is 0 Å². The molecular weight excluding hydrogens is 501 g/mol. The molecule has 1 atom stereocenters. The summed E-state index contributed by atoms with van der Waals surface area (Å²) < 4.78 is 23.0. The highest BCUT2D eigenvalue weighted by Crippen LogP contribution is 2.19. The van der Waals surface area contributed by atoms with Gasteiger partial charge in [-0.1, -0.05) is 30.3 Å². The van der Waals surface area contributed by atoms with Crippen LogP contribution < -0.4 is 10.6 Å². The molecule has 1 aromatic carbocycles. The summed E-state index contributed by atoms with van der Waals surface area (Å²) in [6.07, 6.45) is 2.45. The van der Waals surface area contributed by atoms with Crippen LogP contribution in [0.15, 0.2) is 35.3 Å². The van der Waals surface area contributed by atoms with Crippen molar-refractivity contribution in [2.75, 3.05) is 57.8 Å². The minimum atomic E-state index is -2.81. The molecule has 2 aliphatic heterocycles. The Kier molecular flexibility index (Phi) is 10.1. The SMILES string of the molecule is CN=C(NCCN1CCS(=O)(=O)CC1)NCC1CCCN1Cc1ccccc1.I. The van der Waals surface area contributed by atoms with E-state index >= 15 is 0 Å². The Morgan fingerprint density at radius 3 is 2.55 bits per heavy atom. The summed E-state index contributed by atoms with van der Waals surface area (Å²) in [6, 6.07) is 11.2. The highest BCUT2D eigenvalue weighted by atomic mass is 127. The molecule has 1 unspecified atom stereocenters. The maximum absolute atomic E-state index is 11.5. The lowest BCUT2D eigenvalue weighted by atomic mass is 10.2. The van der Waals surface area contributed by atoms with Gasteiger partial charge in [0.15, 0.2) is 15.8 Å². The van der Waals surface area contributed by atoms with E-state index in [1.54, 1.807) is 7.05 Å². The quantitative estimate of drug-likeness (QED) is 0.310. The van der Waals surface area contributed by atoms with Crippen LogP contribution in [0.3, 0.4) is 0 Å². The van der Waals surface area contributed by atoms with E-state index in [0.717, 1.165) is 38.7 Å². The molecule has 0 spiro atoms. The molecule has 0 saturated carbocycles. The van der Waals surface area contributed by atoms with Crippen molar-refractivity contribution >= 4 is 39.8 Å². The molecule has 0 amide bonds. The highest BCUT2D eigenvalue weighted by molar-refractivity contribution is 14.0. The van der Waals surface area contributed by atoms with Crippen LogP contribution in [0.4, 0.5) is 0 Å². The zero-order chi connectivity index (χ0) is 19.8. The van der Waals surface area contributed by atoms with E-state index in [1.807, 2.05) is 0 Å². The number of nitrogens with zero attached hydrogens (tertiary/aromatic N) is 3. The van der Waals surface area contributed by atoms with E-state index in [4.69, 9.17) is 0 Å². The van der Waals surface area contributed by atoms with E-state index in [2.05, 4.69) is 55.8 Å². The predicted octanol–water partition coefficient (Wildman–Crippen LogP) is 1.16. The van der Waals surface area contributed by atoms with Gasteiger partial charge in [-0.05, 0) is 24.9 Å². The number of halogens is 1. The van der Waals surface area contributed by atoms with Crippen molar-refractivity contribution < 1.29 is 8.42 Å². The first-order valence-electron chi connectivity index (χ1n) is 10.2. The lowest BCUT2D eigenvalue weighted by Gasteiger charge is -2.27. The van der Waals surface area contributed by atoms with E-state index in [-0.39, 0.29) is 35.5 Å². The van der Waals surface area contributed by atoms with E-state index in [9.17, 15) is 8.42 Å². The van der Waals surface area contributed by atoms with Crippen LogP contribution in [0.25, 0.3) is 0 Å². The van der Waals surface area contributed by atoms with Crippen LogP contribution in [0, 0.1) is 0 Å². The van der Waals surface area contributed by atoms with Crippen molar-refractivity contribution in [3.63, 3.8) is 0 Å². The summed E-state index contributed by atoms with van der Waals surface area (Å²) in [5.41, 5.74) is 1.36. The maximum atomic E-state index is 11.5. The van der Waals surface area contributed by atoms with Crippen LogP contribution >= 0.6 is 24.0 Å². The lowest BCUT2D eigenvalue weighted by Crippen LogP contribution is -2.48. The van der Waals surface area contributed by atoms with Gasteiger partial charge >= 0.3 is 0 Å². The molecule has 9 heteroatoms. The number of nitrogens with one attached hydrogen (secondary N) is 2. The molecule has 0 bridgehead atoms. The van der Waals surface area contributed by atoms with Crippen molar-refractivity contribution in [1.82, 2.24) is 20.4 Å². The molecule has 29 heavy (non-hydrogen) atoms. The van der Waals surface area contributed by atoms with Crippen LogP contribution in [0.5, 0.6) is 0 Å². The number of likely N-dealkylation sites (tertiary alicyclic amines) is 1. The fraction of sp³-hybridized carbons (Fsp3) is 0.650. The Morgan fingerprint density at radius 1 is 1.14 bits per heavy atom. The number of aliphatic imine (C=N–C) groups is 1. The summed E-state index contributed by atoms with van der Waals surface area (Å²) >= 11 is 0. The molecule has 0 aliphatic carbocycles. The van der Waals surface area contributed by atoms with E-state index in [0.29, 0.717) is 19.1 Å². The summed E-state index contributed by atoms with van der Waals surface area (Å²) in [4.78, 5) is 9.07. The Morgan fingerprint density at radius 2 is 1.86 bits per heavy atom. The number of sulfone groups is 1. The maximum Gasteiger partial charge on any atom is 0.191 e. The smallest absolute Gasteiger partial charge is 0.191 e. The lowest BCUT2D eigenvalue weighted by molar-refractivity contribution is 0.245. The molecule has 0 aromatic heterocycles. The van der Waals surface area contributed by atoms with Crippen molar-refractivity contribution in [2.24, 2.45) is 4.99 Å². The first-order chi connectivity index (χ1) is 13.6. The van der Waals surface area contributed by atoms with Crippen LogP contribution in [0.1, 0.15) is 18.4 Å². The van der Waals surface area contributed by atoms with Gasteiger partial charge in [-0.25, -0.2) is 8.42 Å². The Balaban J connectivity index is 0.00000300. The monoisotopic (exact) mass is 535 g/mol. The molecule has 2 fully saturated rings. The Hall–Kier alpha value is -0.910. The Labute approximate surface area is 192 Å². The molecule has 2 aliphatic rings. The standard InChI is InChI=1S/C20H33N5O2S.HI/c1-21-20(22-9-11-24-12-14-28(26,27)15-13-24)23-16-19-8-5-10-25(19)17-18-6-3-2-4-7-18;/h2-4,6-7,19H,5,8-17H2,1H3,(H2,21,22,23);1H. The second-order valence-electron chi connectivity index (χ2n) is 7.63. The molecule has 7 nitrogen and oxygen atoms in total. The van der Waals surface area contributed by atoms with Crippen LogP contribution in [0.2, 0.25) is 0 Å². The summed E-state index contributed by atoms with van der Waals surface area (Å²) in [5, 5.41) is 6.82. The zero-order valence-electron chi connectivity index (χ0n) is 17.2. The summed E-state index contributed by atoms with van der Waals surface area (Å²) in [5.74, 6) is 1.37. The molecule has 2 heterocycles. The van der Waals surface area contributed by atoms with Gasteiger partial charge in [0.05, 0.1) is 11.5 Å². The van der Waals surface area contributed by atoms with Crippen LogP contribution in [-0.4, -0.2) is 88.0 Å². The van der Waals surface area contributed by atoms with Crippen molar-refractivity contribution in [3.8, 4) is 0 Å². The number of guanidine groups is 1. The first-order valence-corrected chi connectivity index (χ1v) is 12.0. The van der Waals surface area contributed by atoms with Gasteiger partial charge in [-0.3, -0.25) is 14.8 Å². The number of benzene rings is 1. The minimum absolute atomic E-state index is 0. The number of hydrogen-bond acceptors (Lipinski definition) is 5. The Bertz CT molecular complexity index is 730. The molecule has 1 aromatic rings. The van der Waals surface area contributed by atoms with E-state index in [1.165, 1.54) is 18.4 Å². The van der Waals surface area contributed by atoms with Crippen molar-refractivity contribution in [1.29, 1.82) is 0 Å². The normalized spacial score (nSPS) is 22.8. The van der Waals surface area contributed by atoms with Gasteiger partial charge in [0, 0.05) is 52.4 Å². The average Bonchev–Trinajstić information content (AvgIpc) is 3.13. The molecule has 164 valence electrons. The fourth-order valence-corrected chi connectivity index (χ4v) is 5.17. The van der Waals surface area contributed by atoms with Crippen molar-refractivity contribution in [2.45, 2.75) is 25.4 Å². The minimum Gasteiger partial charge on any atom is -0.355 e. The van der Waals surface area contributed by atoms with Crippen molar-refractivity contribution in [3.05, 3.63) is 35.9 Å². The zero-order valence-corrected chi connectivity index (χ0v) is 20.4. The predicted molar refractivity (Wildman–Crippen MR) is 130 cm³/mol. The second-order valence-corrected chi connectivity index (χ2v) is 9.93. The molecule has 0 radical (unpaired) electrons. The third-order valence-corrected chi connectivity index (χ3v) is 7.22. The van der Waals surface area contributed by atoms with Crippen LogP contribution in [-0.2, 0) is 16.4 Å². The third-order valence-electron chi connectivity index (χ3n) is 5.61. The van der Waals surface area contributed by atoms with Gasteiger partial charge in [-0.2, -0.15) is 0 Å². The fourth-order valence-electron chi connectivity index (χ4n) is 3.89. The molecule has 3 rings (SSSR count). The first kappa shape index (κ1) is 24.4. The summed E-state index contributed by atoms with van der Waals surface area (Å²) in [7, 11) is -1.02. The molecular formula is C20H34IN5O2S. The van der Waals surface area contributed by atoms with Gasteiger partial charge in [0.1, 0.15) is 0 Å². The molecule has 2 N–H and O–H groups in total. The number of rotatable bonds is 7. The topological polar surface area (TPSA) is 77.0 Å². The van der Waals surface area contributed by atoms with Gasteiger partial charge in [0.25, 0.3) is 0 Å². The second kappa shape index (κ2) is 12.1. The third kappa shape index (κ3) is 8.03. The van der Waals surface area contributed by atoms with Gasteiger partial charge < -0.3 is 10.6 Å². The average molecular weight is 535 g/mol. The highest BCUT2D eigenvalue weighted by Gasteiger charge is 2.24. The summed E-state index contributed by atoms with van der Waals surface area (Å²) in [6.45, 7) is 5.88. The van der Waals surface area contributed by atoms with E-state index < -0.39 is 9.84 Å².